The SMILES string of the molecule is CCCC/C=C/CCCCCCCCCCCCCCC(=O)n1nnc2ccccc21. The van der Waals surface area contributed by atoms with E-state index < -0.39 is 0 Å². The van der Waals surface area contributed by atoms with Crippen molar-refractivity contribution in [1.82, 2.24) is 15.0 Å². The minimum atomic E-state index is 0.0567. The van der Waals surface area contributed by atoms with E-state index >= 15 is 0 Å². The van der Waals surface area contributed by atoms with Crippen molar-refractivity contribution >= 4 is 16.9 Å². The van der Waals surface area contributed by atoms with Crippen LogP contribution in [-0.2, 0) is 0 Å². The molecule has 0 aliphatic heterocycles. The molecular formula is C27H43N3O. The summed E-state index contributed by atoms with van der Waals surface area (Å²) in [5.41, 5.74) is 1.59. The maximum atomic E-state index is 12.3. The van der Waals surface area contributed by atoms with Gasteiger partial charge >= 0.3 is 0 Å². The van der Waals surface area contributed by atoms with Crippen LogP contribution < -0.4 is 0 Å². The fraction of sp³-hybridized carbons (Fsp3) is 0.667. The van der Waals surface area contributed by atoms with E-state index in [-0.39, 0.29) is 5.91 Å². The van der Waals surface area contributed by atoms with Crippen LogP contribution in [0.2, 0.25) is 0 Å². The highest BCUT2D eigenvalue weighted by Gasteiger charge is 2.10. The largest absolute Gasteiger partial charge is 0.273 e. The first kappa shape index (κ1) is 25.3. The zero-order valence-electron chi connectivity index (χ0n) is 19.7. The fourth-order valence-corrected chi connectivity index (χ4v) is 4.02. The number of rotatable bonds is 18. The third-order valence-corrected chi connectivity index (χ3v) is 5.99. The van der Waals surface area contributed by atoms with Gasteiger partial charge in [-0.05, 0) is 37.8 Å². The number of hydrogen-bond donors (Lipinski definition) is 0. The normalized spacial score (nSPS) is 11.6. The van der Waals surface area contributed by atoms with Gasteiger partial charge in [0.05, 0.1) is 5.52 Å². The van der Waals surface area contributed by atoms with Crippen LogP contribution in [0.25, 0.3) is 11.0 Å². The summed E-state index contributed by atoms with van der Waals surface area (Å²) in [6.45, 7) is 2.25. The van der Waals surface area contributed by atoms with E-state index in [2.05, 4.69) is 29.4 Å². The Balaban J connectivity index is 1.35. The highest BCUT2D eigenvalue weighted by Crippen LogP contribution is 2.15. The topological polar surface area (TPSA) is 47.8 Å². The Labute approximate surface area is 189 Å². The lowest BCUT2D eigenvalue weighted by Gasteiger charge is -2.03. The van der Waals surface area contributed by atoms with E-state index in [1.165, 1.54) is 94.6 Å². The van der Waals surface area contributed by atoms with E-state index in [0.717, 1.165) is 23.9 Å². The first-order valence-corrected chi connectivity index (χ1v) is 12.8. The van der Waals surface area contributed by atoms with Gasteiger partial charge in [-0.2, -0.15) is 4.68 Å². The average Bonchev–Trinajstić information content (AvgIpc) is 3.22. The second-order valence-corrected chi connectivity index (χ2v) is 8.78. The van der Waals surface area contributed by atoms with Gasteiger partial charge in [0, 0.05) is 6.42 Å². The third-order valence-electron chi connectivity index (χ3n) is 5.99. The second kappa shape index (κ2) is 16.7. The number of para-hydroxylation sites is 1. The van der Waals surface area contributed by atoms with Gasteiger partial charge in [0.2, 0.25) is 5.91 Å². The van der Waals surface area contributed by atoms with Crippen LogP contribution in [0.4, 0.5) is 0 Å². The first-order chi connectivity index (χ1) is 15.3. The van der Waals surface area contributed by atoms with E-state index in [4.69, 9.17) is 0 Å². The molecule has 0 amide bonds. The highest BCUT2D eigenvalue weighted by molar-refractivity contribution is 5.88. The molecule has 0 fully saturated rings. The predicted octanol–water partition coefficient (Wildman–Crippen LogP) is 8.28. The Hall–Kier alpha value is -1.97. The number of unbranched alkanes of at least 4 members (excludes halogenated alkanes) is 14. The molecule has 0 radical (unpaired) electrons. The van der Waals surface area contributed by atoms with Crippen LogP contribution in [0.3, 0.4) is 0 Å². The minimum Gasteiger partial charge on any atom is -0.273 e. The second-order valence-electron chi connectivity index (χ2n) is 8.78. The molecule has 1 aromatic carbocycles. The van der Waals surface area contributed by atoms with Crippen molar-refractivity contribution in [2.45, 2.75) is 116 Å². The lowest BCUT2D eigenvalue weighted by molar-refractivity contribution is 0.0886. The quantitative estimate of drug-likeness (QED) is 0.178. The zero-order valence-corrected chi connectivity index (χ0v) is 19.7. The lowest BCUT2D eigenvalue weighted by atomic mass is 10.0. The lowest BCUT2D eigenvalue weighted by Crippen LogP contribution is -2.12. The predicted molar refractivity (Wildman–Crippen MR) is 131 cm³/mol. The number of hydrogen-bond acceptors (Lipinski definition) is 3. The molecule has 0 unspecified atom stereocenters. The molecule has 0 saturated heterocycles. The molecule has 0 saturated carbocycles. The maximum absolute atomic E-state index is 12.3. The molecular weight excluding hydrogens is 382 g/mol. The summed E-state index contributed by atoms with van der Waals surface area (Å²) in [6, 6.07) is 7.63. The molecule has 1 aromatic heterocycles. The molecule has 0 aliphatic rings. The number of allylic oxidation sites excluding steroid dienone is 2. The third kappa shape index (κ3) is 10.8. The molecule has 2 aromatic rings. The Morgan fingerprint density at radius 1 is 0.774 bits per heavy atom. The Kier molecular flexibility index (Phi) is 13.6. The first-order valence-electron chi connectivity index (χ1n) is 12.8. The summed E-state index contributed by atoms with van der Waals surface area (Å²) in [4.78, 5) is 12.3. The monoisotopic (exact) mass is 425 g/mol. The van der Waals surface area contributed by atoms with Gasteiger partial charge in [-0.3, -0.25) is 4.79 Å². The van der Waals surface area contributed by atoms with Crippen molar-refractivity contribution in [3.05, 3.63) is 36.4 Å². The smallest absolute Gasteiger partial charge is 0.248 e. The summed E-state index contributed by atoms with van der Waals surface area (Å²) in [6.07, 6.45) is 26.1. The van der Waals surface area contributed by atoms with Crippen molar-refractivity contribution in [3.63, 3.8) is 0 Å². The molecule has 0 bridgehead atoms. The molecule has 0 atom stereocenters. The Bertz CT molecular complexity index is 750. The number of nitrogens with zero attached hydrogens (tertiary/aromatic N) is 3. The number of benzene rings is 1. The molecule has 2 rings (SSSR count). The van der Waals surface area contributed by atoms with Crippen LogP contribution in [0, 0.1) is 0 Å². The molecule has 0 spiro atoms. The molecule has 4 nitrogen and oxygen atoms in total. The van der Waals surface area contributed by atoms with E-state index in [1.807, 2.05) is 24.3 Å². The number of carbonyl (C=O) groups excluding carboxylic acids is 1. The van der Waals surface area contributed by atoms with Crippen molar-refractivity contribution < 1.29 is 4.79 Å². The summed E-state index contributed by atoms with van der Waals surface area (Å²) in [7, 11) is 0. The van der Waals surface area contributed by atoms with Crippen LogP contribution in [0.5, 0.6) is 0 Å². The van der Waals surface area contributed by atoms with Crippen LogP contribution in [0.15, 0.2) is 36.4 Å². The van der Waals surface area contributed by atoms with Gasteiger partial charge in [-0.1, -0.05) is 113 Å². The van der Waals surface area contributed by atoms with Crippen LogP contribution in [0.1, 0.15) is 121 Å². The van der Waals surface area contributed by atoms with Crippen LogP contribution >= 0.6 is 0 Å². The van der Waals surface area contributed by atoms with Gasteiger partial charge in [-0.25, -0.2) is 0 Å². The van der Waals surface area contributed by atoms with Gasteiger partial charge in [0.25, 0.3) is 0 Å². The minimum absolute atomic E-state index is 0.0567. The fourth-order valence-electron chi connectivity index (χ4n) is 4.02. The summed E-state index contributed by atoms with van der Waals surface area (Å²) >= 11 is 0. The molecule has 31 heavy (non-hydrogen) atoms. The summed E-state index contributed by atoms with van der Waals surface area (Å²) in [5, 5.41) is 8.07. The van der Waals surface area contributed by atoms with Gasteiger partial charge in [-0.15, -0.1) is 5.10 Å². The van der Waals surface area contributed by atoms with Crippen molar-refractivity contribution in [2.75, 3.05) is 0 Å². The van der Waals surface area contributed by atoms with Crippen molar-refractivity contribution in [1.29, 1.82) is 0 Å². The van der Waals surface area contributed by atoms with E-state index in [9.17, 15) is 4.79 Å². The summed E-state index contributed by atoms with van der Waals surface area (Å²) in [5.74, 6) is 0.0567. The van der Waals surface area contributed by atoms with Gasteiger partial charge < -0.3 is 0 Å². The molecule has 0 aliphatic carbocycles. The standard InChI is InChI=1S/C27H43N3O/c1-2-3-4-5-6-7-8-9-10-11-12-13-14-15-16-17-18-19-24-27(31)30-26-23-21-20-22-25(26)28-29-30/h5-6,20-23H,2-4,7-19,24H2,1H3/b6-5+. The number of carbonyl (C=O) groups is 1. The number of aromatic nitrogens is 3. The average molecular weight is 426 g/mol. The molecule has 1 heterocycles. The number of fused-ring (bicyclic) bond motifs is 1. The Morgan fingerprint density at radius 2 is 1.32 bits per heavy atom. The van der Waals surface area contributed by atoms with Crippen molar-refractivity contribution in [2.24, 2.45) is 0 Å². The zero-order chi connectivity index (χ0) is 22.0. The van der Waals surface area contributed by atoms with E-state index in [0.29, 0.717) is 6.42 Å². The Morgan fingerprint density at radius 3 is 1.97 bits per heavy atom. The molecule has 0 N–H and O–H groups in total. The molecule has 172 valence electrons. The summed E-state index contributed by atoms with van der Waals surface area (Å²) < 4.78 is 1.46. The molecule has 4 heteroatoms. The van der Waals surface area contributed by atoms with Gasteiger partial charge in [0.15, 0.2) is 0 Å². The van der Waals surface area contributed by atoms with Gasteiger partial charge in [0.1, 0.15) is 5.52 Å². The highest BCUT2D eigenvalue weighted by atomic mass is 16.2. The van der Waals surface area contributed by atoms with Crippen molar-refractivity contribution in [3.8, 4) is 0 Å². The van der Waals surface area contributed by atoms with E-state index in [1.54, 1.807) is 0 Å². The maximum Gasteiger partial charge on any atom is 0.248 e. The van der Waals surface area contributed by atoms with Crippen LogP contribution in [-0.4, -0.2) is 20.9 Å².